The lowest BCUT2D eigenvalue weighted by molar-refractivity contribution is -0.141. The lowest BCUT2D eigenvalue weighted by atomic mass is 10.3. The molecule has 0 unspecified atom stereocenters. The third kappa shape index (κ3) is 3.58. The first-order chi connectivity index (χ1) is 9.29. The topological polar surface area (TPSA) is 74.3 Å². The van der Waals surface area contributed by atoms with Gasteiger partial charge in [0.2, 0.25) is 0 Å². The number of piperazine rings is 1. The molecule has 20 heavy (non-hydrogen) atoms. The Kier molecular flexibility index (Phi) is 4.16. The van der Waals surface area contributed by atoms with Crippen LogP contribution < -0.4 is 10.0 Å². The molecule has 2 N–H and O–H groups in total. The van der Waals surface area contributed by atoms with Crippen molar-refractivity contribution in [3.63, 3.8) is 0 Å². The molecule has 0 saturated carbocycles. The Balaban J connectivity index is 2.09. The van der Waals surface area contributed by atoms with Gasteiger partial charge in [0.05, 0.1) is 11.9 Å². The first-order valence-corrected chi connectivity index (χ1v) is 7.25. The van der Waals surface area contributed by atoms with Crippen LogP contribution in [0, 0.1) is 0 Å². The molecule has 10 heteroatoms. The van der Waals surface area contributed by atoms with Crippen molar-refractivity contribution in [2.45, 2.75) is 6.18 Å². The van der Waals surface area contributed by atoms with Crippen molar-refractivity contribution in [1.82, 2.24) is 14.6 Å². The molecule has 0 spiro atoms. The van der Waals surface area contributed by atoms with Crippen molar-refractivity contribution in [2.24, 2.45) is 0 Å². The molecule has 0 amide bonds. The van der Waals surface area contributed by atoms with Gasteiger partial charge in [-0.15, -0.1) is 0 Å². The summed E-state index contributed by atoms with van der Waals surface area (Å²) < 4.78 is 64.4. The van der Waals surface area contributed by atoms with Crippen molar-refractivity contribution in [3.05, 3.63) is 24.0 Å². The molecule has 0 aliphatic carbocycles. The Labute approximate surface area is 114 Å². The summed E-state index contributed by atoms with van der Waals surface area (Å²) in [5.74, 6) is 0. The Bertz CT molecular complexity index is 553. The van der Waals surface area contributed by atoms with E-state index in [1.165, 1.54) is 4.31 Å². The van der Waals surface area contributed by atoms with Gasteiger partial charge in [0.15, 0.2) is 0 Å². The molecule has 1 aliphatic heterocycles. The van der Waals surface area contributed by atoms with Crippen LogP contribution in [-0.4, -0.2) is 43.9 Å². The second-order valence-corrected chi connectivity index (χ2v) is 5.86. The van der Waals surface area contributed by atoms with E-state index in [-0.39, 0.29) is 5.69 Å². The van der Waals surface area contributed by atoms with E-state index in [4.69, 9.17) is 0 Å². The monoisotopic (exact) mass is 310 g/mol. The molecule has 1 aromatic rings. The van der Waals surface area contributed by atoms with E-state index in [2.05, 4.69) is 15.0 Å². The van der Waals surface area contributed by atoms with E-state index in [1.807, 2.05) is 0 Å². The average molecular weight is 310 g/mol. The fourth-order valence-corrected chi connectivity index (χ4v) is 2.93. The zero-order valence-corrected chi connectivity index (χ0v) is 11.1. The summed E-state index contributed by atoms with van der Waals surface area (Å²) in [7, 11) is -3.76. The number of hydrogen-bond acceptors (Lipinski definition) is 4. The average Bonchev–Trinajstić information content (AvgIpc) is 2.39. The number of halogens is 3. The van der Waals surface area contributed by atoms with E-state index >= 15 is 0 Å². The number of anilines is 1. The highest BCUT2D eigenvalue weighted by molar-refractivity contribution is 7.90. The summed E-state index contributed by atoms with van der Waals surface area (Å²) in [6.45, 7) is 1.69. The molecule has 1 fully saturated rings. The SMILES string of the molecule is O=S(=O)(Nc1ccc(C(F)(F)F)nc1)N1CCNCC1. The molecule has 2 heterocycles. The lowest BCUT2D eigenvalue weighted by Crippen LogP contribution is -2.48. The van der Waals surface area contributed by atoms with Crippen LogP contribution >= 0.6 is 0 Å². The molecule has 1 saturated heterocycles. The number of hydrogen-bond donors (Lipinski definition) is 2. The minimum absolute atomic E-state index is 0.00321. The number of alkyl halides is 3. The summed E-state index contributed by atoms with van der Waals surface area (Å²) in [5.41, 5.74) is -1.07. The maximum Gasteiger partial charge on any atom is 0.433 e. The van der Waals surface area contributed by atoms with E-state index in [0.29, 0.717) is 26.2 Å². The fraction of sp³-hybridized carbons (Fsp3) is 0.500. The van der Waals surface area contributed by atoms with Gasteiger partial charge in [0, 0.05) is 26.2 Å². The minimum Gasteiger partial charge on any atom is -0.314 e. The van der Waals surface area contributed by atoms with Crippen molar-refractivity contribution < 1.29 is 21.6 Å². The number of nitrogens with zero attached hydrogens (tertiary/aromatic N) is 2. The molecule has 6 nitrogen and oxygen atoms in total. The summed E-state index contributed by atoms with van der Waals surface area (Å²) in [5, 5.41) is 3.00. The lowest BCUT2D eigenvalue weighted by Gasteiger charge is -2.26. The third-order valence-corrected chi connectivity index (χ3v) is 4.26. The predicted octanol–water partition coefficient (Wildman–Crippen LogP) is 0.662. The molecule has 2 rings (SSSR count). The number of pyridine rings is 1. The first kappa shape index (κ1) is 15.0. The molecule has 1 aromatic heterocycles. The van der Waals surface area contributed by atoms with Crippen LogP contribution in [0.3, 0.4) is 0 Å². The molecular weight excluding hydrogens is 297 g/mol. The van der Waals surface area contributed by atoms with Crippen molar-refractivity contribution in [1.29, 1.82) is 0 Å². The minimum atomic E-state index is -4.55. The van der Waals surface area contributed by atoms with Gasteiger partial charge < -0.3 is 5.32 Å². The maximum atomic E-state index is 12.3. The van der Waals surface area contributed by atoms with E-state index in [0.717, 1.165) is 18.3 Å². The predicted molar refractivity (Wildman–Crippen MR) is 66.2 cm³/mol. The van der Waals surface area contributed by atoms with Gasteiger partial charge in [-0.05, 0) is 12.1 Å². The summed E-state index contributed by atoms with van der Waals surface area (Å²) in [6, 6.07) is 1.77. The summed E-state index contributed by atoms with van der Waals surface area (Å²) in [4.78, 5) is 3.20. The van der Waals surface area contributed by atoms with Gasteiger partial charge in [-0.3, -0.25) is 4.72 Å². The zero-order chi connectivity index (χ0) is 14.8. The van der Waals surface area contributed by atoms with Crippen LogP contribution in [0.5, 0.6) is 0 Å². The number of rotatable bonds is 3. The molecule has 112 valence electrons. The van der Waals surface area contributed by atoms with Gasteiger partial charge >= 0.3 is 16.4 Å². The Morgan fingerprint density at radius 3 is 2.40 bits per heavy atom. The highest BCUT2D eigenvalue weighted by atomic mass is 32.2. The number of nitrogens with one attached hydrogen (secondary N) is 2. The smallest absolute Gasteiger partial charge is 0.314 e. The van der Waals surface area contributed by atoms with Crippen LogP contribution in [0.1, 0.15) is 5.69 Å². The van der Waals surface area contributed by atoms with Gasteiger partial charge in [-0.2, -0.15) is 25.9 Å². The summed E-state index contributed by atoms with van der Waals surface area (Å²) in [6.07, 6.45) is -3.70. The van der Waals surface area contributed by atoms with Crippen molar-refractivity contribution in [2.75, 3.05) is 30.9 Å². The quantitative estimate of drug-likeness (QED) is 0.860. The number of aromatic nitrogens is 1. The van der Waals surface area contributed by atoms with E-state index in [1.54, 1.807) is 0 Å². The molecule has 0 atom stereocenters. The first-order valence-electron chi connectivity index (χ1n) is 5.81. The van der Waals surface area contributed by atoms with Crippen LogP contribution in [0.15, 0.2) is 18.3 Å². The molecule has 0 radical (unpaired) electrons. The van der Waals surface area contributed by atoms with Crippen LogP contribution in [0.2, 0.25) is 0 Å². The van der Waals surface area contributed by atoms with Gasteiger partial charge in [-0.25, -0.2) is 4.98 Å². The fourth-order valence-electron chi connectivity index (χ4n) is 1.72. The normalized spacial score (nSPS) is 17.9. The van der Waals surface area contributed by atoms with Gasteiger partial charge in [0.1, 0.15) is 5.69 Å². The second-order valence-electron chi connectivity index (χ2n) is 4.19. The second kappa shape index (κ2) is 5.54. The van der Waals surface area contributed by atoms with Crippen LogP contribution in [0.4, 0.5) is 18.9 Å². The van der Waals surface area contributed by atoms with Gasteiger partial charge in [-0.1, -0.05) is 0 Å². The highest BCUT2D eigenvalue weighted by Crippen LogP contribution is 2.28. The van der Waals surface area contributed by atoms with E-state index < -0.39 is 22.1 Å². The van der Waals surface area contributed by atoms with Crippen LogP contribution in [0.25, 0.3) is 0 Å². The molecule has 1 aliphatic rings. The van der Waals surface area contributed by atoms with Crippen molar-refractivity contribution >= 4 is 15.9 Å². The summed E-state index contributed by atoms with van der Waals surface area (Å²) >= 11 is 0. The van der Waals surface area contributed by atoms with E-state index in [9.17, 15) is 21.6 Å². The Hall–Kier alpha value is -1.39. The maximum absolute atomic E-state index is 12.3. The standard InChI is InChI=1S/C10H13F3N4O2S/c11-10(12,13)9-2-1-8(7-15-9)16-20(18,19)17-5-3-14-4-6-17/h1-2,7,14,16H,3-6H2. The molecule has 0 bridgehead atoms. The van der Waals surface area contributed by atoms with Crippen LogP contribution in [-0.2, 0) is 16.4 Å². The zero-order valence-electron chi connectivity index (χ0n) is 10.3. The third-order valence-electron chi connectivity index (χ3n) is 2.72. The largest absolute Gasteiger partial charge is 0.433 e. The Morgan fingerprint density at radius 2 is 1.90 bits per heavy atom. The molecule has 0 aromatic carbocycles. The highest BCUT2D eigenvalue weighted by Gasteiger charge is 2.32. The van der Waals surface area contributed by atoms with Gasteiger partial charge in [0.25, 0.3) is 0 Å². The van der Waals surface area contributed by atoms with Crippen molar-refractivity contribution in [3.8, 4) is 0 Å². The molecular formula is C10H13F3N4O2S. The Morgan fingerprint density at radius 1 is 1.25 bits per heavy atom.